The summed E-state index contributed by atoms with van der Waals surface area (Å²) in [7, 11) is 0. The summed E-state index contributed by atoms with van der Waals surface area (Å²) in [4.78, 5) is 32.5. The molecule has 0 aromatic heterocycles. The highest BCUT2D eigenvalue weighted by atomic mass is 16.6. The van der Waals surface area contributed by atoms with E-state index in [0.29, 0.717) is 12.5 Å². The molecule has 100 valence electrons. The minimum atomic E-state index is -1.24. The summed E-state index contributed by atoms with van der Waals surface area (Å²) in [6, 6.07) is 0. The molecule has 0 aromatic carbocycles. The largest absolute Gasteiger partial charge is 0.478 e. The fourth-order valence-corrected chi connectivity index (χ4v) is 0.870. The van der Waals surface area contributed by atoms with Crippen molar-refractivity contribution < 1.29 is 29.0 Å². The van der Waals surface area contributed by atoms with E-state index in [9.17, 15) is 14.4 Å². The highest BCUT2D eigenvalue weighted by Gasteiger charge is 2.14. The highest BCUT2D eigenvalue weighted by molar-refractivity contribution is 5.90. The number of aliphatic carboxylic acids is 1. The van der Waals surface area contributed by atoms with Crippen LogP contribution in [0.5, 0.6) is 0 Å². The zero-order chi connectivity index (χ0) is 14.1. The summed E-state index contributed by atoms with van der Waals surface area (Å²) in [5, 5.41) is 8.32. The van der Waals surface area contributed by atoms with Gasteiger partial charge in [-0.05, 0) is 13.3 Å². The molecule has 0 radical (unpaired) electrons. The van der Waals surface area contributed by atoms with Crippen molar-refractivity contribution in [2.24, 2.45) is 0 Å². The average molecular weight is 256 g/mol. The third-order valence-electron chi connectivity index (χ3n) is 1.85. The highest BCUT2D eigenvalue weighted by Crippen LogP contribution is 2.02. The molecule has 0 aliphatic heterocycles. The molecule has 0 rings (SSSR count). The molecule has 1 N–H and O–H groups in total. The van der Waals surface area contributed by atoms with Crippen molar-refractivity contribution in [3.63, 3.8) is 0 Å². The van der Waals surface area contributed by atoms with Crippen molar-refractivity contribution in [3.8, 4) is 0 Å². The lowest BCUT2D eigenvalue weighted by Gasteiger charge is -2.15. The quantitative estimate of drug-likeness (QED) is 0.541. The van der Waals surface area contributed by atoms with E-state index in [0.717, 1.165) is 6.08 Å². The molecule has 0 saturated heterocycles. The number of ether oxygens (including phenoxy) is 2. The molecular formula is C12H16O6. The molecule has 0 saturated carbocycles. The topological polar surface area (TPSA) is 89.9 Å². The van der Waals surface area contributed by atoms with Crippen molar-refractivity contribution in [1.29, 1.82) is 0 Å². The van der Waals surface area contributed by atoms with Gasteiger partial charge in [0.1, 0.15) is 12.7 Å². The Morgan fingerprint density at radius 2 is 1.94 bits per heavy atom. The molecule has 1 unspecified atom stereocenters. The second kappa shape index (κ2) is 8.05. The van der Waals surface area contributed by atoms with Crippen LogP contribution in [0.15, 0.2) is 24.3 Å². The van der Waals surface area contributed by atoms with Crippen LogP contribution in [0.2, 0.25) is 0 Å². The van der Waals surface area contributed by atoms with Gasteiger partial charge in [-0.2, -0.15) is 0 Å². The van der Waals surface area contributed by atoms with Gasteiger partial charge in [0, 0.05) is 17.7 Å². The number of carboxylic acid groups (broad SMARTS) is 1. The Kier molecular flexibility index (Phi) is 7.11. The van der Waals surface area contributed by atoms with Crippen LogP contribution in [0.3, 0.4) is 0 Å². The average Bonchev–Trinajstić information content (AvgIpc) is 2.31. The van der Waals surface area contributed by atoms with Crippen molar-refractivity contribution in [1.82, 2.24) is 0 Å². The first-order valence-corrected chi connectivity index (χ1v) is 5.31. The summed E-state index contributed by atoms with van der Waals surface area (Å²) < 4.78 is 9.71. The van der Waals surface area contributed by atoms with Gasteiger partial charge in [-0.1, -0.05) is 13.5 Å². The second-order valence-electron chi connectivity index (χ2n) is 3.52. The third kappa shape index (κ3) is 7.21. The number of rotatable bonds is 7. The van der Waals surface area contributed by atoms with Gasteiger partial charge in [0.2, 0.25) is 0 Å². The van der Waals surface area contributed by atoms with Gasteiger partial charge in [0.15, 0.2) is 0 Å². The lowest BCUT2D eigenvalue weighted by atomic mass is 10.3. The number of carbonyl (C=O) groups excluding carboxylic acids is 2. The van der Waals surface area contributed by atoms with Gasteiger partial charge in [0.05, 0.1) is 0 Å². The first kappa shape index (κ1) is 15.9. The second-order valence-corrected chi connectivity index (χ2v) is 3.52. The van der Waals surface area contributed by atoms with E-state index >= 15 is 0 Å². The van der Waals surface area contributed by atoms with Crippen LogP contribution < -0.4 is 0 Å². The summed E-state index contributed by atoms with van der Waals surface area (Å²) in [5.74, 6) is -2.60. The van der Waals surface area contributed by atoms with E-state index in [1.165, 1.54) is 6.92 Å². The summed E-state index contributed by atoms with van der Waals surface area (Å²) in [5.41, 5.74) is 0.252. The Bertz CT molecular complexity index is 369. The van der Waals surface area contributed by atoms with E-state index in [-0.39, 0.29) is 12.2 Å². The fraction of sp³-hybridized carbons (Fsp3) is 0.417. The van der Waals surface area contributed by atoms with Gasteiger partial charge in [-0.3, -0.25) is 0 Å². The van der Waals surface area contributed by atoms with Crippen LogP contribution in [0.25, 0.3) is 0 Å². The minimum absolute atomic E-state index is 0.0884. The number of esters is 2. The molecule has 0 aromatic rings. The lowest BCUT2D eigenvalue weighted by Crippen LogP contribution is -2.24. The van der Waals surface area contributed by atoms with Crippen molar-refractivity contribution in [3.05, 3.63) is 24.3 Å². The Labute approximate surface area is 105 Å². The number of hydrogen-bond donors (Lipinski definition) is 1. The lowest BCUT2D eigenvalue weighted by molar-refractivity contribution is -0.153. The Balaban J connectivity index is 4.19. The zero-order valence-electron chi connectivity index (χ0n) is 10.3. The smallest absolute Gasteiger partial charge is 0.333 e. The third-order valence-corrected chi connectivity index (χ3v) is 1.85. The molecule has 0 amide bonds. The maximum Gasteiger partial charge on any atom is 0.333 e. The van der Waals surface area contributed by atoms with Gasteiger partial charge in [-0.15, -0.1) is 0 Å². The zero-order valence-corrected chi connectivity index (χ0v) is 10.3. The molecule has 0 bridgehead atoms. The van der Waals surface area contributed by atoms with Crippen molar-refractivity contribution in [2.75, 3.05) is 6.61 Å². The predicted molar refractivity (Wildman–Crippen MR) is 62.7 cm³/mol. The fourth-order valence-electron chi connectivity index (χ4n) is 0.870. The SMILES string of the molecule is C=C(C)C(=O)OCC(CC)OC(=O)/C=C\C(=O)O. The Morgan fingerprint density at radius 1 is 1.33 bits per heavy atom. The summed E-state index contributed by atoms with van der Waals surface area (Å²) in [6.45, 7) is 6.57. The summed E-state index contributed by atoms with van der Waals surface area (Å²) >= 11 is 0. The van der Waals surface area contributed by atoms with E-state index in [2.05, 4.69) is 6.58 Å². The van der Waals surface area contributed by atoms with E-state index in [1.54, 1.807) is 6.92 Å². The van der Waals surface area contributed by atoms with E-state index in [4.69, 9.17) is 14.6 Å². The van der Waals surface area contributed by atoms with Crippen LogP contribution >= 0.6 is 0 Å². The molecule has 1 atom stereocenters. The number of hydrogen-bond acceptors (Lipinski definition) is 5. The molecule has 6 nitrogen and oxygen atoms in total. The van der Waals surface area contributed by atoms with Gasteiger partial charge >= 0.3 is 17.9 Å². The molecule has 6 heteroatoms. The van der Waals surface area contributed by atoms with E-state index < -0.39 is 24.0 Å². The van der Waals surface area contributed by atoms with E-state index in [1.807, 2.05) is 0 Å². The van der Waals surface area contributed by atoms with Gasteiger partial charge < -0.3 is 14.6 Å². The van der Waals surface area contributed by atoms with Crippen LogP contribution in [-0.2, 0) is 23.9 Å². The number of carboxylic acids is 1. The van der Waals surface area contributed by atoms with Crippen LogP contribution in [0, 0.1) is 0 Å². The van der Waals surface area contributed by atoms with Crippen LogP contribution in [-0.4, -0.2) is 35.7 Å². The molecule has 0 spiro atoms. The minimum Gasteiger partial charge on any atom is -0.478 e. The Morgan fingerprint density at radius 3 is 2.39 bits per heavy atom. The molecule has 0 aliphatic carbocycles. The van der Waals surface area contributed by atoms with Crippen molar-refractivity contribution in [2.45, 2.75) is 26.4 Å². The molecule has 0 heterocycles. The molecule has 0 fully saturated rings. The van der Waals surface area contributed by atoms with Gasteiger partial charge in [0.25, 0.3) is 0 Å². The summed E-state index contributed by atoms with van der Waals surface area (Å²) in [6.07, 6.45) is 1.30. The van der Waals surface area contributed by atoms with Crippen molar-refractivity contribution >= 4 is 17.9 Å². The molecular weight excluding hydrogens is 240 g/mol. The monoisotopic (exact) mass is 256 g/mol. The first-order chi connectivity index (χ1) is 8.36. The normalized spacial score (nSPS) is 11.9. The number of carbonyl (C=O) groups is 3. The first-order valence-electron chi connectivity index (χ1n) is 5.31. The molecule has 18 heavy (non-hydrogen) atoms. The molecule has 0 aliphatic rings. The van der Waals surface area contributed by atoms with Gasteiger partial charge in [-0.25, -0.2) is 14.4 Å². The predicted octanol–water partition coefficient (Wildman–Crippen LogP) is 1.07. The maximum atomic E-state index is 11.2. The van der Waals surface area contributed by atoms with Crippen LogP contribution in [0.1, 0.15) is 20.3 Å². The Hall–Kier alpha value is -2.11. The van der Waals surface area contributed by atoms with Crippen LogP contribution in [0.4, 0.5) is 0 Å². The maximum absolute atomic E-state index is 11.2. The standard InChI is InChI=1S/C12H16O6/c1-4-9(7-17-12(16)8(2)3)18-11(15)6-5-10(13)14/h5-6,9H,2,4,7H2,1,3H3,(H,13,14)/b6-5-.